The Hall–Kier alpha value is -4.23. The molecule has 1 aliphatic rings. The van der Waals surface area contributed by atoms with Crippen molar-refractivity contribution in [1.82, 2.24) is 0 Å². The van der Waals surface area contributed by atoms with Crippen LogP contribution in [0.2, 0.25) is 5.02 Å². The maximum atomic E-state index is 13.6. The van der Waals surface area contributed by atoms with E-state index in [0.717, 1.165) is 10.5 Å². The minimum Gasteiger partial charge on any atom is -0.349 e. The van der Waals surface area contributed by atoms with Crippen molar-refractivity contribution in [3.05, 3.63) is 105 Å². The van der Waals surface area contributed by atoms with Gasteiger partial charge in [0.2, 0.25) is 0 Å². The number of nitro groups is 1. The second-order valence-electron chi connectivity index (χ2n) is 7.86. The second-order valence-corrected chi connectivity index (χ2v) is 8.30. The summed E-state index contributed by atoms with van der Waals surface area (Å²) in [6.45, 7) is 1.94. The van der Waals surface area contributed by atoms with Gasteiger partial charge in [-0.1, -0.05) is 48.9 Å². The fourth-order valence-corrected chi connectivity index (χ4v) is 4.48. The summed E-state index contributed by atoms with van der Waals surface area (Å²) in [4.78, 5) is 39.8. The Morgan fingerprint density at radius 2 is 1.65 bits per heavy atom. The number of nitrogens with zero attached hydrogens (tertiary/aromatic N) is 2. The number of hydrogen-bond donors (Lipinski definition) is 1. The number of carbonyl (C=O) groups excluding carboxylic acids is 2. The van der Waals surface area contributed by atoms with Crippen molar-refractivity contribution >= 4 is 56.9 Å². The lowest BCUT2D eigenvalue weighted by Gasteiger charge is -2.29. The molecule has 7 nitrogen and oxygen atoms in total. The lowest BCUT2D eigenvalue weighted by molar-refractivity contribution is -0.383. The molecule has 1 heterocycles. The summed E-state index contributed by atoms with van der Waals surface area (Å²) in [5, 5.41) is 16.5. The molecule has 5 rings (SSSR count). The summed E-state index contributed by atoms with van der Waals surface area (Å²) >= 11 is 5.96. The predicted molar refractivity (Wildman–Crippen MR) is 132 cm³/mol. The van der Waals surface area contributed by atoms with Crippen molar-refractivity contribution in [1.29, 1.82) is 0 Å². The Kier molecular flexibility index (Phi) is 5.26. The normalized spacial score (nSPS) is 12.8. The van der Waals surface area contributed by atoms with Crippen LogP contribution in [-0.2, 0) is 6.42 Å². The van der Waals surface area contributed by atoms with Gasteiger partial charge in [0.25, 0.3) is 17.5 Å². The maximum Gasteiger partial charge on any atom is 0.294 e. The van der Waals surface area contributed by atoms with E-state index < -0.39 is 16.7 Å². The SMILES string of the molecule is CCc1ccccc1N1C(=O)c2cccc3c(Nc4ccc(Cl)cc4)c([N+](=O)[O-])cc(c23)C1=O. The van der Waals surface area contributed by atoms with E-state index in [4.69, 9.17) is 11.6 Å². The molecule has 2 amide bonds. The molecule has 1 aliphatic heterocycles. The molecule has 0 atom stereocenters. The molecule has 0 aliphatic carbocycles. The highest BCUT2D eigenvalue weighted by Crippen LogP contribution is 2.42. The zero-order chi connectivity index (χ0) is 24.0. The van der Waals surface area contributed by atoms with E-state index >= 15 is 0 Å². The molecule has 8 heteroatoms. The van der Waals surface area contributed by atoms with E-state index in [1.54, 1.807) is 54.6 Å². The summed E-state index contributed by atoms with van der Waals surface area (Å²) in [6.07, 6.45) is 0.619. The topological polar surface area (TPSA) is 92.6 Å². The second kappa shape index (κ2) is 8.28. The molecule has 34 heavy (non-hydrogen) atoms. The number of rotatable bonds is 5. The van der Waals surface area contributed by atoms with Gasteiger partial charge in [0, 0.05) is 33.1 Å². The number of aryl methyl sites for hydroxylation is 1. The fourth-order valence-electron chi connectivity index (χ4n) is 4.35. The van der Waals surface area contributed by atoms with Crippen LogP contribution in [0.1, 0.15) is 33.2 Å². The van der Waals surface area contributed by atoms with E-state index in [0.29, 0.717) is 39.2 Å². The predicted octanol–water partition coefficient (Wildman–Crippen LogP) is 6.51. The van der Waals surface area contributed by atoms with Crippen LogP contribution in [-0.4, -0.2) is 16.7 Å². The highest BCUT2D eigenvalue weighted by molar-refractivity contribution is 6.37. The fraction of sp³-hybridized carbons (Fsp3) is 0.0769. The first-order valence-corrected chi connectivity index (χ1v) is 11.0. The van der Waals surface area contributed by atoms with Gasteiger partial charge in [-0.25, -0.2) is 4.90 Å². The number of nitrogens with one attached hydrogen (secondary N) is 1. The molecule has 0 radical (unpaired) electrons. The Bertz CT molecular complexity index is 1500. The molecule has 4 aromatic carbocycles. The zero-order valence-corrected chi connectivity index (χ0v) is 18.8. The van der Waals surface area contributed by atoms with E-state index in [1.807, 2.05) is 19.1 Å². The van der Waals surface area contributed by atoms with Gasteiger partial charge in [0.15, 0.2) is 0 Å². The van der Waals surface area contributed by atoms with Gasteiger partial charge in [0.05, 0.1) is 16.2 Å². The summed E-state index contributed by atoms with van der Waals surface area (Å²) in [6, 6.07) is 20.1. The van der Waals surface area contributed by atoms with Crippen LogP contribution in [0, 0.1) is 10.1 Å². The number of hydrogen-bond acceptors (Lipinski definition) is 5. The minimum absolute atomic E-state index is 0.115. The summed E-state index contributed by atoms with van der Waals surface area (Å²) in [7, 11) is 0. The van der Waals surface area contributed by atoms with Crippen LogP contribution in [0.5, 0.6) is 0 Å². The van der Waals surface area contributed by atoms with Crippen LogP contribution in [0.4, 0.5) is 22.7 Å². The van der Waals surface area contributed by atoms with Crippen LogP contribution >= 0.6 is 11.6 Å². The van der Waals surface area contributed by atoms with Gasteiger partial charge in [-0.15, -0.1) is 0 Å². The summed E-state index contributed by atoms with van der Waals surface area (Å²) < 4.78 is 0. The first kappa shape index (κ1) is 21.6. The summed E-state index contributed by atoms with van der Waals surface area (Å²) in [5.41, 5.74) is 2.26. The Morgan fingerprint density at radius 3 is 2.35 bits per heavy atom. The van der Waals surface area contributed by atoms with Crippen LogP contribution in [0.15, 0.2) is 72.8 Å². The zero-order valence-electron chi connectivity index (χ0n) is 18.0. The number of benzene rings is 4. The Balaban J connectivity index is 1.75. The molecule has 0 saturated carbocycles. The van der Waals surface area contributed by atoms with Crippen molar-refractivity contribution < 1.29 is 14.5 Å². The molecule has 168 valence electrons. The highest BCUT2D eigenvalue weighted by Gasteiger charge is 2.37. The van der Waals surface area contributed by atoms with Gasteiger partial charge in [0.1, 0.15) is 5.69 Å². The van der Waals surface area contributed by atoms with E-state index in [2.05, 4.69) is 5.32 Å². The van der Waals surface area contributed by atoms with E-state index in [9.17, 15) is 19.7 Å². The number of para-hydroxylation sites is 1. The number of halogens is 1. The van der Waals surface area contributed by atoms with Crippen LogP contribution < -0.4 is 10.2 Å². The minimum atomic E-state index is -0.587. The molecule has 0 saturated heterocycles. The highest BCUT2D eigenvalue weighted by atomic mass is 35.5. The molecule has 4 aromatic rings. The lowest BCUT2D eigenvalue weighted by atomic mass is 9.91. The van der Waals surface area contributed by atoms with Crippen molar-refractivity contribution in [2.24, 2.45) is 0 Å². The van der Waals surface area contributed by atoms with Gasteiger partial charge < -0.3 is 5.32 Å². The average molecular weight is 472 g/mol. The first-order valence-electron chi connectivity index (χ1n) is 10.6. The van der Waals surface area contributed by atoms with Crippen molar-refractivity contribution in [3.8, 4) is 0 Å². The summed E-state index contributed by atoms with van der Waals surface area (Å²) in [5.74, 6) is -1.05. The number of nitro benzene ring substituents is 1. The average Bonchev–Trinajstić information content (AvgIpc) is 2.84. The molecular formula is C26H18ClN3O4. The number of amides is 2. The van der Waals surface area contributed by atoms with Crippen molar-refractivity contribution in [2.75, 3.05) is 10.2 Å². The van der Waals surface area contributed by atoms with Crippen LogP contribution in [0.25, 0.3) is 10.8 Å². The molecule has 1 N–H and O–H groups in total. The molecule has 0 bridgehead atoms. The van der Waals surface area contributed by atoms with E-state index in [1.165, 1.54) is 6.07 Å². The molecule has 0 fully saturated rings. The quantitative estimate of drug-likeness (QED) is 0.203. The number of imide groups is 1. The monoisotopic (exact) mass is 471 g/mol. The van der Waals surface area contributed by atoms with Gasteiger partial charge in [-0.3, -0.25) is 19.7 Å². The van der Waals surface area contributed by atoms with Crippen molar-refractivity contribution in [3.63, 3.8) is 0 Å². The number of carbonyl (C=O) groups is 2. The lowest BCUT2D eigenvalue weighted by Crippen LogP contribution is -2.41. The smallest absolute Gasteiger partial charge is 0.294 e. The number of anilines is 3. The van der Waals surface area contributed by atoms with Crippen LogP contribution in [0.3, 0.4) is 0 Å². The third kappa shape index (κ3) is 3.38. The third-order valence-electron chi connectivity index (χ3n) is 5.93. The first-order chi connectivity index (χ1) is 16.4. The molecular weight excluding hydrogens is 454 g/mol. The van der Waals surface area contributed by atoms with Gasteiger partial charge in [-0.2, -0.15) is 0 Å². The molecule has 0 unspecified atom stereocenters. The molecule has 0 spiro atoms. The van der Waals surface area contributed by atoms with Gasteiger partial charge >= 0.3 is 0 Å². The van der Waals surface area contributed by atoms with Gasteiger partial charge in [-0.05, 0) is 48.4 Å². The maximum absolute atomic E-state index is 13.6. The van der Waals surface area contributed by atoms with Crippen molar-refractivity contribution in [2.45, 2.75) is 13.3 Å². The Morgan fingerprint density at radius 1 is 0.941 bits per heavy atom. The largest absolute Gasteiger partial charge is 0.349 e. The Labute approximate surface area is 199 Å². The third-order valence-corrected chi connectivity index (χ3v) is 6.18. The van der Waals surface area contributed by atoms with E-state index in [-0.39, 0.29) is 16.9 Å². The standard InChI is InChI=1S/C26H18ClN3O4/c1-2-15-6-3-4-9-21(15)29-25(31)19-8-5-7-18-23(19)20(26(29)32)14-22(30(33)34)24(18)28-17-12-10-16(27)11-13-17/h3-14,28H,2H2,1H3. The molecule has 0 aromatic heterocycles.